The maximum Gasteiger partial charge on any atom is 0.0315 e. The number of pyridine rings is 1. The average Bonchev–Trinajstić information content (AvgIpc) is 2.41. The molecule has 1 heterocycles. The van der Waals surface area contributed by atoms with Crippen LogP contribution in [0.5, 0.6) is 0 Å². The van der Waals surface area contributed by atoms with Crippen LogP contribution in [0.2, 0.25) is 0 Å². The maximum atomic E-state index is 4.24. The fourth-order valence-corrected chi connectivity index (χ4v) is 2.48. The van der Waals surface area contributed by atoms with E-state index in [9.17, 15) is 0 Å². The monoisotopic (exact) mass is 272 g/mol. The van der Waals surface area contributed by atoms with Crippen LogP contribution in [-0.4, -0.2) is 30.2 Å². The van der Waals surface area contributed by atoms with Crippen molar-refractivity contribution in [2.45, 2.75) is 17.9 Å². The molecule has 0 fully saturated rings. The van der Waals surface area contributed by atoms with E-state index in [2.05, 4.69) is 60.6 Å². The summed E-state index contributed by atoms with van der Waals surface area (Å²) < 4.78 is 0. The van der Waals surface area contributed by atoms with Crippen LogP contribution in [0.15, 0.2) is 47.6 Å². The highest BCUT2D eigenvalue weighted by atomic mass is 32.2. The lowest BCUT2D eigenvalue weighted by atomic mass is 10.0. The van der Waals surface area contributed by atoms with Gasteiger partial charge in [0.2, 0.25) is 0 Å². The molecule has 0 radical (unpaired) electrons. The van der Waals surface area contributed by atoms with Gasteiger partial charge in [-0.1, -0.05) is 12.1 Å². The number of rotatable bonds is 5. The predicted molar refractivity (Wildman–Crippen MR) is 82.7 cm³/mol. The molecule has 0 saturated heterocycles. The minimum atomic E-state index is 0.937. The Bertz CT molecular complexity index is 521. The highest BCUT2D eigenvalue weighted by Gasteiger charge is 2.05. The lowest BCUT2D eigenvalue weighted by molar-refractivity contribution is 0.400. The lowest BCUT2D eigenvalue weighted by Gasteiger charge is -2.13. The summed E-state index contributed by atoms with van der Waals surface area (Å²) in [6, 6.07) is 10.9. The molecule has 0 N–H and O–H groups in total. The van der Waals surface area contributed by atoms with Crippen LogP contribution >= 0.6 is 11.8 Å². The zero-order valence-corrected chi connectivity index (χ0v) is 12.6. The summed E-state index contributed by atoms with van der Waals surface area (Å²) in [7, 11) is 4.17. The van der Waals surface area contributed by atoms with Gasteiger partial charge in [-0.3, -0.25) is 4.98 Å². The van der Waals surface area contributed by atoms with Gasteiger partial charge in [-0.2, -0.15) is 0 Å². The highest BCUT2D eigenvalue weighted by molar-refractivity contribution is 7.98. The van der Waals surface area contributed by atoms with Crippen LogP contribution in [0.4, 0.5) is 0 Å². The molecular weight excluding hydrogens is 252 g/mol. The molecule has 0 bridgehead atoms. The Morgan fingerprint density at radius 2 is 1.79 bits per heavy atom. The minimum absolute atomic E-state index is 0.937. The zero-order chi connectivity index (χ0) is 13.7. The third kappa shape index (κ3) is 4.08. The van der Waals surface area contributed by atoms with Crippen LogP contribution in [0, 0.1) is 0 Å². The molecule has 2 rings (SSSR count). The molecule has 100 valence electrons. The van der Waals surface area contributed by atoms with Crippen molar-refractivity contribution in [3.63, 3.8) is 0 Å². The van der Waals surface area contributed by atoms with E-state index >= 15 is 0 Å². The van der Waals surface area contributed by atoms with Crippen molar-refractivity contribution in [2.24, 2.45) is 0 Å². The second-order valence-corrected chi connectivity index (χ2v) is 5.79. The van der Waals surface area contributed by atoms with Crippen molar-refractivity contribution in [3.8, 4) is 0 Å². The summed E-state index contributed by atoms with van der Waals surface area (Å²) in [6.07, 6.45) is 6.93. The largest absolute Gasteiger partial charge is 0.305 e. The summed E-state index contributed by atoms with van der Waals surface area (Å²) in [5.41, 5.74) is 4.02. The molecule has 0 spiro atoms. The van der Waals surface area contributed by atoms with Gasteiger partial charge in [-0.25, -0.2) is 0 Å². The number of benzene rings is 1. The lowest BCUT2D eigenvalue weighted by Crippen LogP contribution is -2.12. The first-order valence-electron chi connectivity index (χ1n) is 6.38. The second kappa shape index (κ2) is 6.73. The van der Waals surface area contributed by atoms with Gasteiger partial charge < -0.3 is 4.90 Å². The summed E-state index contributed by atoms with van der Waals surface area (Å²) in [5, 5.41) is 0. The first kappa shape index (κ1) is 14.1. The van der Waals surface area contributed by atoms with Crippen molar-refractivity contribution < 1.29 is 0 Å². The molecule has 0 saturated carbocycles. The molecule has 2 aromatic rings. The van der Waals surface area contributed by atoms with Gasteiger partial charge in [-0.05, 0) is 61.7 Å². The first-order chi connectivity index (χ1) is 9.19. The number of nitrogens with zero attached hydrogens (tertiary/aromatic N) is 2. The molecule has 1 aromatic carbocycles. The Balaban J connectivity index is 2.17. The standard InChI is InChI=1S/C16H20N2S/c1-18(2)12-15-11-17-9-8-14(15)10-13-4-6-16(19-3)7-5-13/h4-9,11H,10,12H2,1-3H3. The molecule has 0 aliphatic rings. The van der Waals surface area contributed by atoms with Crippen molar-refractivity contribution in [1.29, 1.82) is 0 Å². The molecule has 3 heteroatoms. The van der Waals surface area contributed by atoms with E-state index in [4.69, 9.17) is 0 Å². The summed E-state index contributed by atoms with van der Waals surface area (Å²) in [5.74, 6) is 0. The Morgan fingerprint density at radius 3 is 2.42 bits per heavy atom. The molecule has 0 amide bonds. The molecule has 0 aliphatic heterocycles. The highest BCUT2D eigenvalue weighted by Crippen LogP contribution is 2.18. The third-order valence-corrected chi connectivity index (χ3v) is 3.79. The van der Waals surface area contributed by atoms with Crippen LogP contribution in [0.3, 0.4) is 0 Å². The maximum absolute atomic E-state index is 4.24. The molecule has 2 nitrogen and oxygen atoms in total. The number of aromatic nitrogens is 1. The Hall–Kier alpha value is -1.32. The fourth-order valence-electron chi connectivity index (χ4n) is 2.07. The van der Waals surface area contributed by atoms with Gasteiger partial charge in [0.05, 0.1) is 0 Å². The second-order valence-electron chi connectivity index (χ2n) is 4.91. The topological polar surface area (TPSA) is 16.1 Å². The Labute approximate surface area is 119 Å². The van der Waals surface area contributed by atoms with E-state index in [1.807, 2.05) is 12.4 Å². The Kier molecular flexibility index (Phi) is 5.00. The van der Waals surface area contributed by atoms with Crippen molar-refractivity contribution in [1.82, 2.24) is 9.88 Å². The minimum Gasteiger partial charge on any atom is -0.305 e. The van der Waals surface area contributed by atoms with Gasteiger partial charge in [-0.15, -0.1) is 11.8 Å². The Morgan fingerprint density at radius 1 is 1.05 bits per heavy atom. The summed E-state index contributed by atoms with van der Waals surface area (Å²) in [6.45, 7) is 0.937. The molecule has 0 atom stereocenters. The molecule has 0 aliphatic carbocycles. The number of hydrogen-bond donors (Lipinski definition) is 0. The number of hydrogen-bond acceptors (Lipinski definition) is 3. The normalized spacial score (nSPS) is 10.9. The number of thioether (sulfide) groups is 1. The summed E-state index contributed by atoms with van der Waals surface area (Å²) in [4.78, 5) is 7.73. The van der Waals surface area contributed by atoms with Crippen LogP contribution in [-0.2, 0) is 13.0 Å². The van der Waals surface area contributed by atoms with E-state index in [1.165, 1.54) is 21.6 Å². The van der Waals surface area contributed by atoms with Crippen LogP contribution in [0.1, 0.15) is 16.7 Å². The predicted octanol–water partition coefficient (Wildman–Crippen LogP) is 3.46. The van der Waals surface area contributed by atoms with Gasteiger partial charge in [0.15, 0.2) is 0 Å². The van der Waals surface area contributed by atoms with Crippen molar-refractivity contribution in [3.05, 3.63) is 59.4 Å². The van der Waals surface area contributed by atoms with E-state index in [1.54, 1.807) is 11.8 Å². The average molecular weight is 272 g/mol. The SMILES string of the molecule is CSc1ccc(Cc2ccncc2CN(C)C)cc1. The van der Waals surface area contributed by atoms with Crippen LogP contribution < -0.4 is 0 Å². The van der Waals surface area contributed by atoms with Gasteiger partial charge >= 0.3 is 0 Å². The van der Waals surface area contributed by atoms with E-state index in [0.717, 1.165) is 13.0 Å². The smallest absolute Gasteiger partial charge is 0.0315 e. The first-order valence-corrected chi connectivity index (χ1v) is 7.61. The molecule has 0 unspecified atom stereocenters. The molecule has 1 aromatic heterocycles. The van der Waals surface area contributed by atoms with E-state index < -0.39 is 0 Å². The van der Waals surface area contributed by atoms with E-state index in [-0.39, 0.29) is 0 Å². The fraction of sp³-hybridized carbons (Fsp3) is 0.312. The van der Waals surface area contributed by atoms with Gasteiger partial charge in [0, 0.05) is 23.8 Å². The van der Waals surface area contributed by atoms with Crippen molar-refractivity contribution >= 4 is 11.8 Å². The molecule has 19 heavy (non-hydrogen) atoms. The summed E-state index contributed by atoms with van der Waals surface area (Å²) >= 11 is 1.78. The van der Waals surface area contributed by atoms with Gasteiger partial charge in [0.25, 0.3) is 0 Å². The quantitative estimate of drug-likeness (QED) is 0.776. The van der Waals surface area contributed by atoms with E-state index in [0.29, 0.717) is 0 Å². The van der Waals surface area contributed by atoms with Crippen molar-refractivity contribution in [2.75, 3.05) is 20.4 Å². The molecular formula is C16H20N2S. The zero-order valence-electron chi connectivity index (χ0n) is 11.8. The van der Waals surface area contributed by atoms with Gasteiger partial charge in [0.1, 0.15) is 0 Å². The third-order valence-electron chi connectivity index (χ3n) is 3.04. The van der Waals surface area contributed by atoms with Crippen LogP contribution in [0.25, 0.3) is 0 Å².